The molecule has 0 unspecified atom stereocenters. The minimum absolute atomic E-state index is 0.167. The molecular weight excluding hydrogens is 156 g/mol. The SMILES string of the molecule is Cc1cc[n+]([O-])cc1.O=C1CN1. The van der Waals surface area contributed by atoms with Gasteiger partial charge in [0.2, 0.25) is 5.91 Å². The van der Waals surface area contributed by atoms with E-state index in [2.05, 4.69) is 5.32 Å². The number of nitrogens with one attached hydrogen (secondary N) is 1. The minimum atomic E-state index is 0.167. The van der Waals surface area contributed by atoms with Crippen LogP contribution in [-0.4, -0.2) is 12.5 Å². The number of amides is 1. The maximum atomic E-state index is 10.3. The molecule has 1 aliphatic rings. The summed E-state index contributed by atoms with van der Waals surface area (Å²) in [7, 11) is 0. The van der Waals surface area contributed by atoms with Crippen molar-refractivity contribution >= 4 is 5.91 Å². The van der Waals surface area contributed by atoms with Gasteiger partial charge in [0.05, 0.1) is 6.54 Å². The van der Waals surface area contributed by atoms with Crippen molar-refractivity contribution in [2.45, 2.75) is 6.92 Å². The second-order valence-electron chi connectivity index (χ2n) is 2.51. The van der Waals surface area contributed by atoms with Crippen molar-refractivity contribution in [2.24, 2.45) is 0 Å². The highest BCUT2D eigenvalue weighted by molar-refractivity contribution is 5.91. The fourth-order valence-electron chi connectivity index (χ4n) is 0.523. The number of hydrogen-bond acceptors (Lipinski definition) is 2. The van der Waals surface area contributed by atoms with E-state index in [1.165, 1.54) is 12.4 Å². The molecule has 4 heteroatoms. The highest BCUT2D eigenvalue weighted by Gasteiger charge is 2.10. The average Bonchev–Trinajstić information content (AvgIpc) is 2.80. The lowest BCUT2D eigenvalue weighted by atomic mass is 10.3. The Morgan fingerprint density at radius 2 is 1.92 bits per heavy atom. The molecule has 0 radical (unpaired) electrons. The summed E-state index contributed by atoms with van der Waals surface area (Å²) in [6, 6.07) is 3.54. The molecular formula is C8H10N2O2. The van der Waals surface area contributed by atoms with Gasteiger partial charge >= 0.3 is 0 Å². The summed E-state index contributed by atoms with van der Waals surface area (Å²) in [5.74, 6) is 0.167. The van der Waals surface area contributed by atoms with E-state index in [4.69, 9.17) is 0 Å². The summed E-state index contributed by atoms with van der Waals surface area (Å²) in [6.45, 7) is 2.54. The second kappa shape index (κ2) is 3.71. The first-order chi connectivity index (χ1) is 5.68. The third-order valence-corrected chi connectivity index (χ3v) is 1.29. The number of aryl methyl sites for hydroxylation is 1. The molecule has 12 heavy (non-hydrogen) atoms. The van der Waals surface area contributed by atoms with Gasteiger partial charge in [-0.1, -0.05) is 0 Å². The quantitative estimate of drug-likeness (QED) is 0.328. The molecule has 0 atom stereocenters. The van der Waals surface area contributed by atoms with Crippen molar-refractivity contribution in [3.8, 4) is 0 Å². The van der Waals surface area contributed by atoms with Crippen LogP contribution in [0.2, 0.25) is 0 Å². The summed E-state index contributed by atoms with van der Waals surface area (Å²) < 4.78 is 0.771. The summed E-state index contributed by atoms with van der Waals surface area (Å²) in [5.41, 5.74) is 1.11. The fraction of sp³-hybridized carbons (Fsp3) is 0.250. The molecule has 1 aliphatic heterocycles. The van der Waals surface area contributed by atoms with Gasteiger partial charge < -0.3 is 10.5 Å². The number of pyridine rings is 1. The zero-order valence-electron chi connectivity index (χ0n) is 6.78. The van der Waals surface area contributed by atoms with Crippen LogP contribution in [0.25, 0.3) is 0 Å². The van der Waals surface area contributed by atoms with Crippen molar-refractivity contribution in [3.63, 3.8) is 0 Å². The first-order valence-corrected chi connectivity index (χ1v) is 3.60. The first-order valence-electron chi connectivity index (χ1n) is 3.60. The Bertz CT molecular complexity index is 242. The van der Waals surface area contributed by atoms with Crippen LogP contribution in [0, 0.1) is 12.1 Å². The van der Waals surface area contributed by atoms with Gasteiger partial charge in [0.25, 0.3) is 0 Å². The average molecular weight is 166 g/mol. The molecule has 0 saturated carbocycles. The minimum Gasteiger partial charge on any atom is -0.619 e. The summed E-state index contributed by atoms with van der Waals surface area (Å²) in [4.78, 5) is 9.44. The molecule has 1 fully saturated rings. The first kappa shape index (κ1) is 8.52. The third kappa shape index (κ3) is 3.55. The molecule has 0 bridgehead atoms. The third-order valence-electron chi connectivity index (χ3n) is 1.29. The molecule has 1 saturated heterocycles. The zero-order chi connectivity index (χ0) is 8.97. The van der Waals surface area contributed by atoms with Gasteiger partial charge in [-0.2, -0.15) is 4.73 Å². The standard InChI is InChI=1S/C6H7NO.C2H3NO/c1-6-2-4-7(8)5-3-6;4-2-1-3-2/h2-5H,1H3;1H2,(H,3,4). The Kier molecular flexibility index (Phi) is 2.63. The lowest BCUT2D eigenvalue weighted by Crippen LogP contribution is -2.23. The fourth-order valence-corrected chi connectivity index (χ4v) is 0.523. The maximum Gasteiger partial charge on any atom is 0.239 e. The van der Waals surface area contributed by atoms with E-state index in [-0.39, 0.29) is 5.91 Å². The molecule has 0 aromatic carbocycles. The van der Waals surface area contributed by atoms with Crippen LogP contribution in [0.1, 0.15) is 5.56 Å². The number of nitrogens with zero attached hydrogens (tertiary/aromatic N) is 1. The summed E-state index contributed by atoms with van der Waals surface area (Å²) in [5, 5.41) is 12.8. The lowest BCUT2D eigenvalue weighted by Gasteiger charge is -1.92. The largest absolute Gasteiger partial charge is 0.619 e. The van der Waals surface area contributed by atoms with Gasteiger partial charge in [0.15, 0.2) is 12.4 Å². The van der Waals surface area contributed by atoms with E-state index in [9.17, 15) is 10.0 Å². The Morgan fingerprint density at radius 1 is 1.50 bits per heavy atom. The van der Waals surface area contributed by atoms with E-state index in [0.717, 1.165) is 10.3 Å². The van der Waals surface area contributed by atoms with Gasteiger partial charge in [-0.3, -0.25) is 4.79 Å². The van der Waals surface area contributed by atoms with E-state index in [1.54, 1.807) is 12.1 Å². The van der Waals surface area contributed by atoms with Crippen LogP contribution in [0.15, 0.2) is 24.5 Å². The predicted molar refractivity (Wildman–Crippen MR) is 43.1 cm³/mol. The Balaban J connectivity index is 0.000000150. The van der Waals surface area contributed by atoms with Gasteiger partial charge in [0, 0.05) is 12.1 Å². The van der Waals surface area contributed by atoms with Crippen molar-refractivity contribution in [3.05, 3.63) is 35.3 Å². The predicted octanol–water partition coefficient (Wildman–Crippen LogP) is -0.255. The molecule has 64 valence electrons. The second-order valence-corrected chi connectivity index (χ2v) is 2.51. The van der Waals surface area contributed by atoms with Crippen LogP contribution in [0.5, 0.6) is 0 Å². The van der Waals surface area contributed by atoms with E-state index < -0.39 is 0 Å². The van der Waals surface area contributed by atoms with Crippen molar-refractivity contribution < 1.29 is 9.52 Å². The number of rotatable bonds is 0. The molecule has 0 aliphatic carbocycles. The van der Waals surface area contributed by atoms with Gasteiger partial charge in [-0.25, -0.2) is 0 Å². The zero-order valence-corrected chi connectivity index (χ0v) is 6.78. The molecule has 4 nitrogen and oxygen atoms in total. The normalized spacial score (nSPS) is 12.6. The molecule has 2 rings (SSSR count). The molecule has 0 spiro atoms. The molecule has 1 aromatic heterocycles. The smallest absolute Gasteiger partial charge is 0.239 e. The van der Waals surface area contributed by atoms with E-state index in [0.29, 0.717) is 6.54 Å². The van der Waals surface area contributed by atoms with Gasteiger partial charge in [-0.05, 0) is 12.5 Å². The number of aromatic nitrogens is 1. The monoisotopic (exact) mass is 166 g/mol. The lowest BCUT2D eigenvalue weighted by molar-refractivity contribution is -0.605. The Hall–Kier alpha value is -1.58. The van der Waals surface area contributed by atoms with Gasteiger partial charge in [-0.15, -0.1) is 0 Å². The highest BCUT2D eigenvalue weighted by Crippen LogP contribution is 1.87. The van der Waals surface area contributed by atoms with Crippen molar-refractivity contribution in [1.82, 2.24) is 5.32 Å². The number of carbonyl (C=O) groups excluding carboxylic acids is 1. The van der Waals surface area contributed by atoms with E-state index in [1.807, 2.05) is 6.92 Å². The molecule has 1 amide bonds. The summed E-state index contributed by atoms with van der Waals surface area (Å²) >= 11 is 0. The highest BCUT2D eigenvalue weighted by atomic mass is 16.5. The molecule has 1 aromatic rings. The maximum absolute atomic E-state index is 10.3. The van der Waals surface area contributed by atoms with E-state index >= 15 is 0 Å². The number of hydrogen-bond donors (Lipinski definition) is 1. The number of carbonyl (C=O) groups is 1. The van der Waals surface area contributed by atoms with Crippen molar-refractivity contribution in [1.29, 1.82) is 0 Å². The Labute approximate surface area is 70.4 Å². The molecule has 1 N–H and O–H groups in total. The van der Waals surface area contributed by atoms with Crippen LogP contribution >= 0.6 is 0 Å². The topological polar surface area (TPSA) is 66.0 Å². The van der Waals surface area contributed by atoms with Crippen molar-refractivity contribution in [2.75, 3.05) is 6.54 Å². The molecule has 2 heterocycles. The van der Waals surface area contributed by atoms with Gasteiger partial charge in [0.1, 0.15) is 0 Å². The summed E-state index contributed by atoms with van der Waals surface area (Å²) in [6.07, 6.45) is 2.96. The van der Waals surface area contributed by atoms with Crippen LogP contribution < -0.4 is 10.0 Å². The Morgan fingerprint density at radius 3 is 2.17 bits per heavy atom. The van der Waals surface area contributed by atoms with Crippen LogP contribution in [0.3, 0.4) is 0 Å². The van der Waals surface area contributed by atoms with Crippen LogP contribution in [-0.2, 0) is 4.79 Å². The van der Waals surface area contributed by atoms with Crippen LogP contribution in [0.4, 0.5) is 0 Å².